The number of benzene rings is 1. The second-order valence-electron chi connectivity index (χ2n) is 5.65. The number of carbonyl (C=O) groups is 3. The lowest BCUT2D eigenvalue weighted by Gasteiger charge is -2.18. The lowest BCUT2D eigenvalue weighted by atomic mass is 10.0. The summed E-state index contributed by atoms with van der Waals surface area (Å²) >= 11 is 1.17. The first kappa shape index (κ1) is 19.0. The summed E-state index contributed by atoms with van der Waals surface area (Å²) in [4.78, 5) is 35.5. The highest BCUT2D eigenvalue weighted by atomic mass is 32.2. The zero-order valence-electron chi connectivity index (χ0n) is 13.4. The molecular weight excluding hydrogens is 316 g/mol. The van der Waals surface area contributed by atoms with Crippen molar-refractivity contribution < 1.29 is 19.5 Å². The van der Waals surface area contributed by atoms with E-state index < -0.39 is 29.1 Å². The highest BCUT2D eigenvalue weighted by Gasteiger charge is 2.23. The zero-order valence-corrected chi connectivity index (χ0v) is 14.2. The Bertz CT molecular complexity index is 589. The van der Waals surface area contributed by atoms with E-state index in [9.17, 15) is 19.5 Å². The zero-order chi connectivity index (χ0) is 17.6. The average Bonchev–Trinajstić information content (AvgIpc) is 2.46. The van der Waals surface area contributed by atoms with Crippen LogP contribution < -0.4 is 11.1 Å². The van der Waals surface area contributed by atoms with Crippen LogP contribution >= 0.6 is 11.8 Å². The van der Waals surface area contributed by atoms with Crippen molar-refractivity contribution in [2.45, 2.75) is 43.4 Å². The van der Waals surface area contributed by atoms with Gasteiger partial charge in [0.25, 0.3) is 5.91 Å². The van der Waals surface area contributed by atoms with E-state index in [4.69, 9.17) is 5.73 Å². The third-order valence-corrected chi connectivity index (χ3v) is 4.34. The summed E-state index contributed by atoms with van der Waals surface area (Å²) in [7, 11) is 0. The Kier molecular flexibility index (Phi) is 7.09. The lowest BCUT2D eigenvalue weighted by molar-refractivity contribution is -0.139. The molecule has 0 saturated heterocycles. The fourth-order valence-electron chi connectivity index (χ4n) is 1.93. The number of rotatable bonds is 8. The van der Waals surface area contributed by atoms with Crippen molar-refractivity contribution in [3.05, 3.63) is 29.8 Å². The van der Waals surface area contributed by atoms with Crippen LogP contribution in [0.2, 0.25) is 0 Å². The van der Waals surface area contributed by atoms with Crippen LogP contribution in [-0.2, 0) is 9.59 Å². The molecule has 0 aliphatic carbocycles. The van der Waals surface area contributed by atoms with Crippen LogP contribution in [0.15, 0.2) is 29.2 Å². The van der Waals surface area contributed by atoms with Gasteiger partial charge in [0, 0.05) is 4.90 Å². The number of carboxylic acids is 1. The minimum absolute atomic E-state index is 0.135. The second-order valence-corrected chi connectivity index (χ2v) is 7.04. The monoisotopic (exact) mass is 338 g/mol. The highest BCUT2D eigenvalue weighted by molar-refractivity contribution is 8.00. The summed E-state index contributed by atoms with van der Waals surface area (Å²) in [5.41, 5.74) is 5.58. The van der Waals surface area contributed by atoms with E-state index >= 15 is 0 Å². The number of hydrogen-bond donors (Lipinski definition) is 3. The van der Waals surface area contributed by atoms with E-state index in [-0.39, 0.29) is 5.92 Å². The van der Waals surface area contributed by atoms with Gasteiger partial charge in [-0.2, -0.15) is 0 Å². The Morgan fingerprint density at radius 2 is 1.83 bits per heavy atom. The van der Waals surface area contributed by atoms with Gasteiger partial charge >= 0.3 is 5.97 Å². The molecule has 1 aromatic rings. The van der Waals surface area contributed by atoms with Gasteiger partial charge in [-0.15, -0.1) is 11.8 Å². The summed E-state index contributed by atoms with van der Waals surface area (Å²) in [5.74, 6) is -1.88. The molecule has 0 bridgehead atoms. The van der Waals surface area contributed by atoms with Crippen molar-refractivity contribution in [1.29, 1.82) is 0 Å². The average molecular weight is 338 g/mol. The molecule has 0 radical (unpaired) electrons. The van der Waals surface area contributed by atoms with E-state index in [1.54, 1.807) is 31.2 Å². The van der Waals surface area contributed by atoms with Gasteiger partial charge in [0.15, 0.2) is 0 Å². The summed E-state index contributed by atoms with van der Waals surface area (Å²) < 4.78 is 0. The fourth-order valence-corrected chi connectivity index (χ4v) is 2.88. The normalized spacial score (nSPS) is 13.4. The molecule has 0 aliphatic rings. The SMILES string of the molecule is CC(C)C[C@@H](NC(=O)c1ccccc1SC(C)C(N)=O)C(=O)O. The summed E-state index contributed by atoms with van der Waals surface area (Å²) in [6.07, 6.45) is 0.341. The third kappa shape index (κ3) is 5.94. The van der Waals surface area contributed by atoms with E-state index in [1.807, 2.05) is 13.8 Å². The van der Waals surface area contributed by atoms with Gasteiger partial charge in [-0.25, -0.2) is 4.79 Å². The van der Waals surface area contributed by atoms with Crippen LogP contribution in [0.1, 0.15) is 37.6 Å². The Morgan fingerprint density at radius 3 is 2.35 bits per heavy atom. The smallest absolute Gasteiger partial charge is 0.326 e. The van der Waals surface area contributed by atoms with Crippen LogP contribution in [0.5, 0.6) is 0 Å². The number of carbonyl (C=O) groups excluding carboxylic acids is 2. The maximum Gasteiger partial charge on any atom is 0.326 e. The molecule has 1 rings (SSSR count). The lowest BCUT2D eigenvalue weighted by Crippen LogP contribution is -2.41. The van der Waals surface area contributed by atoms with E-state index in [1.165, 1.54) is 11.8 Å². The molecule has 0 saturated carbocycles. The van der Waals surface area contributed by atoms with Gasteiger partial charge in [-0.05, 0) is 31.4 Å². The topological polar surface area (TPSA) is 109 Å². The number of nitrogens with two attached hydrogens (primary N) is 1. The summed E-state index contributed by atoms with van der Waals surface area (Å²) in [6.45, 7) is 5.43. The van der Waals surface area contributed by atoms with Crippen molar-refractivity contribution in [2.75, 3.05) is 0 Å². The second kappa shape index (κ2) is 8.57. The summed E-state index contributed by atoms with van der Waals surface area (Å²) in [6, 6.07) is 5.78. The Labute approximate surface area is 139 Å². The van der Waals surface area contributed by atoms with E-state index in [0.717, 1.165) is 0 Å². The Balaban J connectivity index is 2.94. The van der Waals surface area contributed by atoms with Crippen molar-refractivity contribution in [2.24, 2.45) is 11.7 Å². The third-order valence-electron chi connectivity index (χ3n) is 3.15. The van der Waals surface area contributed by atoms with Gasteiger partial charge < -0.3 is 16.2 Å². The molecule has 1 unspecified atom stereocenters. The molecule has 0 fully saturated rings. The minimum Gasteiger partial charge on any atom is -0.480 e. The largest absolute Gasteiger partial charge is 0.480 e. The number of amides is 2. The fraction of sp³-hybridized carbons (Fsp3) is 0.438. The van der Waals surface area contributed by atoms with E-state index in [0.29, 0.717) is 16.9 Å². The Morgan fingerprint density at radius 1 is 1.22 bits per heavy atom. The molecule has 2 atom stereocenters. The molecule has 1 aromatic carbocycles. The summed E-state index contributed by atoms with van der Waals surface area (Å²) in [5, 5.41) is 11.3. The van der Waals surface area contributed by atoms with Crippen LogP contribution in [0.25, 0.3) is 0 Å². The molecule has 4 N–H and O–H groups in total. The number of aliphatic carboxylic acids is 1. The molecule has 6 nitrogen and oxygen atoms in total. The predicted octanol–water partition coefficient (Wildman–Crippen LogP) is 1.88. The van der Waals surface area contributed by atoms with Crippen LogP contribution in [0, 0.1) is 5.92 Å². The molecule has 0 aliphatic heterocycles. The number of hydrogen-bond acceptors (Lipinski definition) is 4. The van der Waals surface area contributed by atoms with Gasteiger partial charge in [0.05, 0.1) is 10.8 Å². The van der Waals surface area contributed by atoms with Crippen molar-refractivity contribution >= 4 is 29.5 Å². The molecule has 0 spiro atoms. The number of nitrogens with one attached hydrogen (secondary N) is 1. The van der Waals surface area contributed by atoms with Gasteiger partial charge in [-0.3, -0.25) is 9.59 Å². The number of thioether (sulfide) groups is 1. The molecule has 7 heteroatoms. The first-order chi connectivity index (χ1) is 10.7. The number of carboxylic acid groups (broad SMARTS) is 1. The highest BCUT2D eigenvalue weighted by Crippen LogP contribution is 2.26. The van der Waals surface area contributed by atoms with Crippen LogP contribution in [0.3, 0.4) is 0 Å². The molecule has 126 valence electrons. The molecular formula is C16H22N2O4S. The first-order valence-corrected chi connectivity index (χ1v) is 8.19. The number of primary amides is 1. The van der Waals surface area contributed by atoms with Crippen molar-refractivity contribution in [1.82, 2.24) is 5.32 Å². The maximum atomic E-state index is 12.4. The van der Waals surface area contributed by atoms with Gasteiger partial charge in [0.1, 0.15) is 6.04 Å². The molecule has 0 aromatic heterocycles. The van der Waals surface area contributed by atoms with Crippen LogP contribution in [0.4, 0.5) is 0 Å². The van der Waals surface area contributed by atoms with E-state index in [2.05, 4.69) is 5.32 Å². The molecule has 23 heavy (non-hydrogen) atoms. The van der Waals surface area contributed by atoms with Gasteiger partial charge in [0.2, 0.25) is 5.91 Å². The molecule has 0 heterocycles. The van der Waals surface area contributed by atoms with Crippen LogP contribution in [-0.4, -0.2) is 34.2 Å². The predicted molar refractivity (Wildman–Crippen MR) is 89.3 cm³/mol. The Hall–Kier alpha value is -2.02. The quantitative estimate of drug-likeness (QED) is 0.627. The van der Waals surface area contributed by atoms with Gasteiger partial charge in [-0.1, -0.05) is 26.0 Å². The van der Waals surface area contributed by atoms with Crippen molar-refractivity contribution in [3.63, 3.8) is 0 Å². The molecule has 2 amide bonds. The minimum atomic E-state index is -1.07. The standard InChI is InChI=1S/C16H22N2O4S/c1-9(2)8-12(16(21)22)18-15(20)11-6-4-5-7-13(11)23-10(3)14(17)19/h4-7,9-10,12H,8H2,1-3H3,(H2,17,19)(H,18,20)(H,21,22)/t10?,12-/m1/s1. The van der Waals surface area contributed by atoms with Crippen molar-refractivity contribution in [3.8, 4) is 0 Å². The first-order valence-electron chi connectivity index (χ1n) is 7.31. The maximum absolute atomic E-state index is 12.4.